The van der Waals surface area contributed by atoms with E-state index in [9.17, 15) is 10.1 Å². The van der Waals surface area contributed by atoms with Crippen molar-refractivity contribution in [2.24, 2.45) is 17.6 Å². The van der Waals surface area contributed by atoms with Crippen molar-refractivity contribution in [2.45, 2.75) is 31.5 Å². The summed E-state index contributed by atoms with van der Waals surface area (Å²) in [6.07, 6.45) is 3.65. The average Bonchev–Trinajstić information content (AvgIpc) is 3.78. The lowest BCUT2D eigenvalue weighted by atomic mass is 9.99. The van der Waals surface area contributed by atoms with E-state index in [-0.39, 0.29) is 23.8 Å². The summed E-state index contributed by atoms with van der Waals surface area (Å²) in [6, 6.07) is 13.6. The number of fused-ring (bicyclic) bond motifs is 4. The van der Waals surface area contributed by atoms with E-state index < -0.39 is 0 Å². The van der Waals surface area contributed by atoms with E-state index in [1.54, 1.807) is 24.6 Å². The van der Waals surface area contributed by atoms with Gasteiger partial charge < -0.3 is 24.8 Å². The van der Waals surface area contributed by atoms with Crippen molar-refractivity contribution in [1.82, 2.24) is 24.4 Å². The van der Waals surface area contributed by atoms with Crippen molar-refractivity contribution >= 4 is 55.8 Å². The molecular formula is C32H29ClN8O2S. The number of thiophene rings is 1. The fourth-order valence-corrected chi connectivity index (χ4v) is 8.32. The second-order valence-electron chi connectivity index (χ2n) is 11.9. The molecule has 12 heteroatoms. The molecule has 3 fully saturated rings. The van der Waals surface area contributed by atoms with Crippen molar-refractivity contribution in [3.8, 4) is 23.2 Å². The minimum absolute atomic E-state index is 0.0204. The van der Waals surface area contributed by atoms with E-state index >= 15 is 0 Å². The van der Waals surface area contributed by atoms with Gasteiger partial charge in [0.1, 0.15) is 29.0 Å². The van der Waals surface area contributed by atoms with Crippen LogP contribution in [0.3, 0.4) is 0 Å². The van der Waals surface area contributed by atoms with Gasteiger partial charge in [0.25, 0.3) is 5.91 Å². The Bertz CT molecular complexity index is 1990. The quantitative estimate of drug-likeness (QED) is 0.282. The summed E-state index contributed by atoms with van der Waals surface area (Å²) in [5.41, 5.74) is 9.55. The Kier molecular flexibility index (Phi) is 6.48. The Morgan fingerprint density at radius 1 is 1.18 bits per heavy atom. The van der Waals surface area contributed by atoms with Crippen molar-refractivity contribution in [3.63, 3.8) is 0 Å². The molecule has 1 aliphatic carbocycles. The summed E-state index contributed by atoms with van der Waals surface area (Å²) in [4.78, 5) is 31.4. The normalized spacial score (nSPS) is 21.3. The molecule has 10 nitrogen and oxygen atoms in total. The standard InChI is InChI=1S/C32H29ClN8O2S/c1-43-25-9-19(32(42)40-15-18-2-4-24(40)29(18)35)8-23-30(25)41(14-17-12-39(13-17)28-6-7-36-27(11-34)38-28)31(37-23)22-16-44-26-5-3-20(33)10-21(22)26/h3,5-10,16-18,24,29H,2,4,12-15,35H2,1H3/t18-,24-,29-/m1/s1. The van der Waals surface area contributed by atoms with Gasteiger partial charge in [0, 0.05) is 82.0 Å². The summed E-state index contributed by atoms with van der Waals surface area (Å²) < 4.78 is 9.31. The zero-order valence-corrected chi connectivity index (χ0v) is 25.6. The van der Waals surface area contributed by atoms with Crippen LogP contribution in [0.15, 0.2) is 48.0 Å². The first-order valence-corrected chi connectivity index (χ1v) is 16.0. The summed E-state index contributed by atoms with van der Waals surface area (Å²) in [6.45, 7) is 2.93. The number of nitriles is 1. The number of hydrogen-bond donors (Lipinski definition) is 1. The van der Waals surface area contributed by atoms with E-state index in [0.29, 0.717) is 46.8 Å². The van der Waals surface area contributed by atoms with Crippen LogP contribution in [0, 0.1) is 23.2 Å². The van der Waals surface area contributed by atoms with Crippen molar-refractivity contribution in [2.75, 3.05) is 31.6 Å². The van der Waals surface area contributed by atoms with Crippen LogP contribution in [0.25, 0.3) is 32.5 Å². The fourth-order valence-electron chi connectivity index (χ4n) is 7.22. The maximum Gasteiger partial charge on any atom is 0.254 e. The maximum absolute atomic E-state index is 13.8. The van der Waals surface area contributed by atoms with Gasteiger partial charge in [0.2, 0.25) is 5.82 Å². The summed E-state index contributed by atoms with van der Waals surface area (Å²) in [5, 5.41) is 13.0. The predicted octanol–water partition coefficient (Wildman–Crippen LogP) is 4.94. The molecule has 0 radical (unpaired) electrons. The van der Waals surface area contributed by atoms with Gasteiger partial charge in [-0.1, -0.05) is 11.6 Å². The largest absolute Gasteiger partial charge is 0.494 e. The van der Waals surface area contributed by atoms with Crippen molar-refractivity contribution < 1.29 is 9.53 Å². The number of benzene rings is 2. The smallest absolute Gasteiger partial charge is 0.254 e. The zero-order chi connectivity index (χ0) is 30.1. The lowest BCUT2D eigenvalue weighted by Gasteiger charge is -2.40. The van der Waals surface area contributed by atoms with E-state index in [4.69, 9.17) is 27.1 Å². The molecule has 3 atom stereocenters. The molecule has 2 N–H and O–H groups in total. The second kappa shape index (κ2) is 10.4. The number of hydrogen-bond acceptors (Lipinski definition) is 9. The first-order valence-electron chi connectivity index (χ1n) is 14.7. The highest BCUT2D eigenvalue weighted by atomic mass is 35.5. The van der Waals surface area contributed by atoms with E-state index in [1.165, 1.54) is 0 Å². The molecule has 1 saturated carbocycles. The third-order valence-corrected chi connectivity index (χ3v) is 10.6. The SMILES string of the molecule is COc1cc(C(=O)N2C[C@H]3CC[C@@H]2[C@@H]3N)cc2nc(-c3csc4ccc(Cl)cc34)n(CC3CN(c4ccnc(C#N)n4)C3)c12. The minimum atomic E-state index is -0.0204. The Morgan fingerprint density at radius 2 is 2.05 bits per heavy atom. The molecule has 3 aliphatic rings. The number of ether oxygens (including phenoxy) is 1. The third kappa shape index (κ3) is 4.31. The molecule has 0 unspecified atom stereocenters. The van der Waals surface area contributed by atoms with E-state index in [0.717, 1.165) is 58.7 Å². The van der Waals surface area contributed by atoms with E-state index in [1.807, 2.05) is 47.4 Å². The molecule has 2 saturated heterocycles. The number of carbonyl (C=O) groups is 1. The van der Waals surface area contributed by atoms with Crippen molar-refractivity contribution in [1.29, 1.82) is 5.26 Å². The lowest BCUT2D eigenvalue weighted by molar-refractivity contribution is 0.0700. The molecule has 44 heavy (non-hydrogen) atoms. The van der Waals surface area contributed by atoms with Gasteiger partial charge in [-0.3, -0.25) is 4.79 Å². The van der Waals surface area contributed by atoms with Crippen LogP contribution in [0.1, 0.15) is 29.0 Å². The number of aromatic nitrogens is 4. The number of halogens is 1. The first kappa shape index (κ1) is 27.3. The van der Waals surface area contributed by atoms with Crippen molar-refractivity contribution in [3.05, 3.63) is 64.4 Å². The Balaban J connectivity index is 1.19. The third-order valence-electron chi connectivity index (χ3n) is 9.43. The molecular weight excluding hydrogens is 596 g/mol. The number of nitrogens with zero attached hydrogens (tertiary/aromatic N) is 7. The topological polar surface area (TPSA) is 126 Å². The molecule has 1 amide bonds. The Hall–Kier alpha value is -4.24. The Morgan fingerprint density at radius 3 is 2.80 bits per heavy atom. The molecule has 5 aromatic rings. The van der Waals surface area contributed by atoms with Crippen LogP contribution >= 0.6 is 22.9 Å². The van der Waals surface area contributed by atoms with Gasteiger partial charge in [0.15, 0.2) is 0 Å². The number of rotatable bonds is 6. The fraction of sp³-hybridized carbons (Fsp3) is 0.344. The highest BCUT2D eigenvalue weighted by Crippen LogP contribution is 2.41. The molecule has 2 bridgehead atoms. The zero-order valence-electron chi connectivity index (χ0n) is 24.0. The van der Waals surface area contributed by atoms with Crippen LogP contribution in [-0.2, 0) is 6.54 Å². The van der Waals surface area contributed by atoms with Gasteiger partial charge in [0.05, 0.1) is 12.6 Å². The highest BCUT2D eigenvalue weighted by Gasteiger charge is 2.47. The average molecular weight is 625 g/mol. The molecule has 0 spiro atoms. The maximum atomic E-state index is 13.8. The second-order valence-corrected chi connectivity index (χ2v) is 13.3. The minimum Gasteiger partial charge on any atom is -0.494 e. The molecule has 5 heterocycles. The van der Waals surface area contributed by atoms with Crippen LogP contribution < -0.4 is 15.4 Å². The van der Waals surface area contributed by atoms with Crippen LogP contribution in [-0.4, -0.2) is 69.2 Å². The van der Waals surface area contributed by atoms with Gasteiger partial charge in [-0.2, -0.15) is 5.26 Å². The summed E-state index contributed by atoms with van der Waals surface area (Å²) in [5.74, 6) is 2.98. The number of carbonyl (C=O) groups excluding carboxylic acids is 1. The Labute approximate surface area is 262 Å². The van der Waals surface area contributed by atoms with Gasteiger partial charge >= 0.3 is 0 Å². The predicted molar refractivity (Wildman–Crippen MR) is 170 cm³/mol. The van der Waals surface area contributed by atoms with Crippen LogP contribution in [0.2, 0.25) is 5.02 Å². The number of imidazole rings is 1. The molecule has 2 aliphatic heterocycles. The van der Waals surface area contributed by atoms with E-state index in [2.05, 4.69) is 24.8 Å². The monoisotopic (exact) mass is 624 g/mol. The number of piperidine rings is 1. The molecule has 8 rings (SSSR count). The number of likely N-dealkylation sites (tertiary alicyclic amines) is 1. The van der Waals surface area contributed by atoms with Gasteiger partial charge in [-0.15, -0.1) is 11.3 Å². The highest BCUT2D eigenvalue weighted by molar-refractivity contribution is 7.17. The molecule has 3 aromatic heterocycles. The van der Waals surface area contributed by atoms with Gasteiger partial charge in [-0.25, -0.2) is 15.0 Å². The lowest BCUT2D eigenvalue weighted by Crippen LogP contribution is -2.49. The number of amides is 1. The summed E-state index contributed by atoms with van der Waals surface area (Å²) in [7, 11) is 1.64. The molecule has 2 aromatic carbocycles. The van der Waals surface area contributed by atoms with Gasteiger partial charge in [-0.05, 0) is 55.2 Å². The van der Waals surface area contributed by atoms with Crippen LogP contribution in [0.5, 0.6) is 5.75 Å². The number of nitrogens with two attached hydrogens (primary N) is 1. The summed E-state index contributed by atoms with van der Waals surface area (Å²) >= 11 is 8.09. The van der Waals surface area contributed by atoms with Crippen LogP contribution in [0.4, 0.5) is 5.82 Å². The number of anilines is 1. The first-order chi connectivity index (χ1) is 21.4. The number of methoxy groups -OCH3 is 1. The molecule has 222 valence electrons.